The fourth-order valence-corrected chi connectivity index (χ4v) is 3.42. The molecule has 0 spiro atoms. The van der Waals surface area contributed by atoms with Crippen molar-refractivity contribution in [2.75, 3.05) is 31.5 Å². The second-order valence-electron chi connectivity index (χ2n) is 7.19. The van der Waals surface area contributed by atoms with E-state index in [0.29, 0.717) is 0 Å². The number of aromatic nitrogens is 2. The van der Waals surface area contributed by atoms with E-state index in [-0.39, 0.29) is 6.03 Å². The molecule has 140 valence electrons. The van der Waals surface area contributed by atoms with E-state index in [1.54, 1.807) is 0 Å². The lowest BCUT2D eigenvalue weighted by Crippen LogP contribution is -2.49. The molecule has 6 nitrogen and oxygen atoms in total. The van der Waals surface area contributed by atoms with Crippen LogP contribution >= 0.6 is 0 Å². The summed E-state index contributed by atoms with van der Waals surface area (Å²) in [6.07, 6.45) is 0. The van der Waals surface area contributed by atoms with Gasteiger partial charge >= 0.3 is 6.03 Å². The lowest BCUT2D eigenvalue weighted by atomic mass is 10.1. The van der Waals surface area contributed by atoms with E-state index >= 15 is 0 Å². The van der Waals surface area contributed by atoms with Crippen molar-refractivity contribution in [1.82, 2.24) is 19.8 Å². The van der Waals surface area contributed by atoms with Crippen molar-refractivity contribution in [2.24, 2.45) is 0 Å². The second kappa shape index (κ2) is 7.40. The van der Waals surface area contributed by atoms with Crippen LogP contribution in [0.4, 0.5) is 10.5 Å². The third-order valence-corrected chi connectivity index (χ3v) is 5.23. The summed E-state index contributed by atoms with van der Waals surface area (Å²) >= 11 is 0. The largest absolute Gasteiger partial charge is 0.341 e. The fourth-order valence-electron chi connectivity index (χ4n) is 3.42. The van der Waals surface area contributed by atoms with E-state index in [1.165, 1.54) is 11.1 Å². The van der Waals surface area contributed by atoms with E-state index in [0.717, 1.165) is 55.3 Å². The maximum atomic E-state index is 12.5. The smallest absolute Gasteiger partial charge is 0.321 e. The first-order chi connectivity index (χ1) is 13.1. The number of nitrogens with zero attached hydrogens (tertiary/aromatic N) is 3. The van der Waals surface area contributed by atoms with Crippen LogP contribution in [0.1, 0.15) is 17.0 Å². The van der Waals surface area contributed by atoms with Crippen LogP contribution in [0.25, 0.3) is 11.0 Å². The molecular weight excluding hydrogens is 338 g/mol. The van der Waals surface area contributed by atoms with Gasteiger partial charge in [-0.05, 0) is 49.2 Å². The quantitative estimate of drug-likeness (QED) is 0.748. The number of anilines is 1. The molecule has 6 heteroatoms. The number of hydrogen-bond acceptors (Lipinski definition) is 3. The predicted molar refractivity (Wildman–Crippen MR) is 108 cm³/mol. The molecule has 0 bridgehead atoms. The van der Waals surface area contributed by atoms with Crippen molar-refractivity contribution in [3.05, 3.63) is 59.4 Å². The number of fused-ring (bicyclic) bond motifs is 1. The highest BCUT2D eigenvalue weighted by Gasteiger charge is 2.22. The molecule has 2 heterocycles. The molecule has 1 aromatic heterocycles. The molecule has 0 unspecified atom stereocenters. The maximum absolute atomic E-state index is 12.5. The number of H-pyrrole nitrogens is 1. The Kier molecular flexibility index (Phi) is 4.81. The normalized spacial score (nSPS) is 15.3. The number of carbonyl (C=O) groups is 1. The van der Waals surface area contributed by atoms with Gasteiger partial charge in [0.15, 0.2) is 0 Å². The van der Waals surface area contributed by atoms with Crippen molar-refractivity contribution in [1.29, 1.82) is 0 Å². The average molecular weight is 363 g/mol. The Labute approximate surface area is 159 Å². The molecule has 3 aromatic rings. The van der Waals surface area contributed by atoms with Crippen LogP contribution in [-0.2, 0) is 6.54 Å². The van der Waals surface area contributed by atoms with E-state index < -0.39 is 0 Å². The van der Waals surface area contributed by atoms with Gasteiger partial charge in [0.2, 0.25) is 0 Å². The van der Waals surface area contributed by atoms with Gasteiger partial charge in [-0.2, -0.15) is 0 Å². The van der Waals surface area contributed by atoms with Gasteiger partial charge in [-0.3, -0.25) is 4.90 Å². The lowest BCUT2D eigenvalue weighted by molar-refractivity contribution is 0.141. The van der Waals surface area contributed by atoms with E-state index in [1.807, 2.05) is 47.4 Å². The average Bonchev–Trinajstić information content (AvgIpc) is 3.07. The third-order valence-electron chi connectivity index (χ3n) is 5.23. The molecule has 0 saturated carbocycles. The Balaban J connectivity index is 1.31. The van der Waals surface area contributed by atoms with E-state index in [2.05, 4.69) is 34.0 Å². The summed E-state index contributed by atoms with van der Waals surface area (Å²) in [6, 6.07) is 14.1. The topological polar surface area (TPSA) is 64.3 Å². The minimum atomic E-state index is -0.0263. The van der Waals surface area contributed by atoms with Crippen LogP contribution in [0, 0.1) is 13.8 Å². The number of aromatic amines is 1. The first-order valence-corrected chi connectivity index (χ1v) is 9.38. The van der Waals surface area contributed by atoms with Crippen LogP contribution < -0.4 is 5.32 Å². The van der Waals surface area contributed by atoms with Crippen LogP contribution in [0.15, 0.2) is 42.5 Å². The predicted octanol–water partition coefficient (Wildman–Crippen LogP) is 3.53. The zero-order chi connectivity index (χ0) is 18.8. The van der Waals surface area contributed by atoms with Crippen molar-refractivity contribution in [3.63, 3.8) is 0 Å². The SMILES string of the molecule is Cc1ccc(NC(=O)N2CCN(Cc3nc4ccccc4[nH]3)CC2)cc1C. The van der Waals surface area contributed by atoms with E-state index in [4.69, 9.17) is 0 Å². The molecule has 2 amide bonds. The number of imidazole rings is 1. The minimum absolute atomic E-state index is 0.0263. The van der Waals surface area contributed by atoms with Gasteiger partial charge < -0.3 is 15.2 Å². The van der Waals surface area contributed by atoms with Gasteiger partial charge in [0, 0.05) is 31.9 Å². The summed E-state index contributed by atoms with van der Waals surface area (Å²) in [5.74, 6) is 0.976. The molecular formula is C21H25N5O. The number of urea groups is 1. The highest BCUT2D eigenvalue weighted by Crippen LogP contribution is 2.16. The molecule has 1 saturated heterocycles. The van der Waals surface area contributed by atoms with Crippen LogP contribution in [0.2, 0.25) is 0 Å². The molecule has 0 aliphatic carbocycles. The molecule has 0 radical (unpaired) electrons. The Morgan fingerprint density at radius 3 is 2.59 bits per heavy atom. The second-order valence-corrected chi connectivity index (χ2v) is 7.19. The zero-order valence-electron chi connectivity index (χ0n) is 15.8. The highest BCUT2D eigenvalue weighted by molar-refractivity contribution is 5.89. The Bertz CT molecular complexity index is 923. The lowest BCUT2D eigenvalue weighted by Gasteiger charge is -2.34. The Morgan fingerprint density at radius 2 is 1.85 bits per heavy atom. The summed E-state index contributed by atoms with van der Waals surface area (Å²) in [6.45, 7) is 8.04. The number of hydrogen-bond donors (Lipinski definition) is 2. The number of piperazine rings is 1. The van der Waals surface area contributed by atoms with Gasteiger partial charge in [-0.25, -0.2) is 9.78 Å². The van der Waals surface area contributed by atoms with Crippen molar-refractivity contribution in [2.45, 2.75) is 20.4 Å². The van der Waals surface area contributed by atoms with Gasteiger partial charge in [0.05, 0.1) is 17.6 Å². The van der Waals surface area contributed by atoms with Gasteiger partial charge in [-0.15, -0.1) is 0 Å². The summed E-state index contributed by atoms with van der Waals surface area (Å²) in [4.78, 5) is 24.7. The molecule has 1 aliphatic heterocycles. The van der Waals surface area contributed by atoms with Crippen molar-refractivity contribution in [3.8, 4) is 0 Å². The van der Waals surface area contributed by atoms with Gasteiger partial charge in [0.1, 0.15) is 5.82 Å². The Morgan fingerprint density at radius 1 is 1.07 bits per heavy atom. The minimum Gasteiger partial charge on any atom is -0.341 e. The molecule has 1 fully saturated rings. The number of aryl methyl sites for hydroxylation is 2. The number of para-hydroxylation sites is 2. The summed E-state index contributed by atoms with van der Waals surface area (Å²) in [5, 5.41) is 3.01. The molecule has 1 aliphatic rings. The molecule has 4 rings (SSSR count). The van der Waals surface area contributed by atoms with Gasteiger partial charge in [-0.1, -0.05) is 18.2 Å². The molecule has 0 atom stereocenters. The van der Waals surface area contributed by atoms with Crippen LogP contribution in [0.5, 0.6) is 0 Å². The van der Waals surface area contributed by atoms with Crippen LogP contribution in [-0.4, -0.2) is 52.0 Å². The first-order valence-electron chi connectivity index (χ1n) is 9.38. The summed E-state index contributed by atoms with van der Waals surface area (Å²) in [7, 11) is 0. The summed E-state index contributed by atoms with van der Waals surface area (Å²) in [5.41, 5.74) is 5.33. The molecule has 27 heavy (non-hydrogen) atoms. The Hall–Kier alpha value is -2.86. The standard InChI is InChI=1S/C21H25N5O/c1-15-7-8-17(13-16(15)2)22-21(27)26-11-9-25(10-12-26)14-20-23-18-5-3-4-6-19(18)24-20/h3-8,13H,9-12,14H2,1-2H3,(H,22,27)(H,23,24). The first kappa shape index (κ1) is 17.5. The number of carbonyl (C=O) groups excluding carboxylic acids is 1. The zero-order valence-corrected chi connectivity index (χ0v) is 15.8. The van der Waals surface area contributed by atoms with Crippen molar-refractivity contribution >= 4 is 22.8 Å². The van der Waals surface area contributed by atoms with E-state index in [9.17, 15) is 4.79 Å². The monoisotopic (exact) mass is 363 g/mol. The van der Waals surface area contributed by atoms with Crippen molar-refractivity contribution < 1.29 is 4.79 Å². The molecule has 2 aromatic carbocycles. The number of benzene rings is 2. The maximum Gasteiger partial charge on any atom is 0.321 e. The molecule has 2 N–H and O–H groups in total. The number of nitrogens with one attached hydrogen (secondary N) is 2. The third kappa shape index (κ3) is 3.95. The number of rotatable bonds is 3. The summed E-state index contributed by atoms with van der Waals surface area (Å²) < 4.78 is 0. The number of amides is 2. The van der Waals surface area contributed by atoms with Gasteiger partial charge in [0.25, 0.3) is 0 Å². The fraction of sp³-hybridized carbons (Fsp3) is 0.333. The highest BCUT2D eigenvalue weighted by atomic mass is 16.2. The van der Waals surface area contributed by atoms with Crippen LogP contribution in [0.3, 0.4) is 0 Å².